The highest BCUT2D eigenvalue weighted by atomic mass is 19.1. The van der Waals surface area contributed by atoms with Crippen molar-refractivity contribution in [2.45, 2.75) is 136 Å². The van der Waals surface area contributed by atoms with E-state index in [0.717, 1.165) is 55.4 Å². The predicted molar refractivity (Wildman–Crippen MR) is 140 cm³/mol. The van der Waals surface area contributed by atoms with Gasteiger partial charge in [0, 0.05) is 8.42 Å². The summed E-state index contributed by atoms with van der Waals surface area (Å²) in [6.45, 7) is 6.47. The van der Waals surface area contributed by atoms with E-state index in [1.54, 1.807) is 12.1 Å². The fourth-order valence-corrected chi connectivity index (χ4v) is 6.61. The number of unbranched alkanes of at least 4 members (excludes halogenated alkanes) is 3. The largest absolute Gasteiger partial charge is 0.207 e. The third kappa shape index (κ3) is 7.29. The van der Waals surface area contributed by atoms with Gasteiger partial charge in [0.1, 0.15) is 11.6 Å². The molecule has 2 saturated carbocycles. The second-order valence-electron chi connectivity index (χ2n) is 10.8. The molecular weight excluding hydrogens is 398 g/mol. The molecule has 0 bridgehead atoms. The Kier molecular flexibility index (Phi) is 11.7. The Morgan fingerprint density at radius 2 is 1.38 bits per heavy atom. The zero-order chi connectivity index (χ0) is 22.2. The summed E-state index contributed by atoms with van der Waals surface area (Å²) < 4.78 is 29.8. The van der Waals surface area contributed by atoms with E-state index in [2.05, 4.69) is 13.8 Å². The van der Waals surface area contributed by atoms with Gasteiger partial charge in [-0.1, -0.05) is 79.6 Å². The van der Waals surface area contributed by atoms with Crippen LogP contribution in [-0.2, 0) is 0 Å². The van der Waals surface area contributed by atoms with Gasteiger partial charge in [-0.2, -0.15) is 0 Å². The van der Waals surface area contributed by atoms with E-state index >= 15 is 0 Å². The van der Waals surface area contributed by atoms with Crippen LogP contribution in [0.4, 0.5) is 8.78 Å². The van der Waals surface area contributed by atoms with Gasteiger partial charge in [0.25, 0.3) is 0 Å². The van der Waals surface area contributed by atoms with Crippen molar-refractivity contribution < 1.29 is 11.6 Å². The van der Waals surface area contributed by atoms with Gasteiger partial charge in [-0.05, 0) is 92.2 Å². The van der Waals surface area contributed by atoms with Crippen molar-refractivity contribution in [3.05, 3.63) is 34.9 Å². The molecule has 32 heavy (non-hydrogen) atoms. The van der Waals surface area contributed by atoms with Crippen molar-refractivity contribution in [2.75, 3.05) is 0 Å². The highest BCUT2D eigenvalue weighted by Crippen LogP contribution is 2.45. The smallest absolute Gasteiger partial charge is 0.129 e. The standard InChI is InChI=1S/C29H46F2.CH4.2H2/c1-4-6-7-8-10-21(3)29-27(30)19-26(20-28(29)31)25-17-15-24(16-18-25)23-13-11-22(9-5-2)12-14-23;;;/h19-25H,4-18H2,1-3H3;1H4;2*1H. The first kappa shape index (κ1) is 27.3. The fraction of sp³-hybridized carbons (Fsp3) is 0.800. The van der Waals surface area contributed by atoms with Crippen LogP contribution in [0.2, 0.25) is 0 Å². The van der Waals surface area contributed by atoms with Gasteiger partial charge in [-0.3, -0.25) is 0 Å². The SMILES string of the molecule is C.CCCCCCC(C)c1c(F)cc(C2CCC(C3CCC(CCC)CC3)CC2)cc1F.[HH].[HH]. The van der Waals surface area contributed by atoms with Crippen LogP contribution in [0.3, 0.4) is 0 Å². The lowest BCUT2D eigenvalue weighted by molar-refractivity contribution is 0.156. The summed E-state index contributed by atoms with van der Waals surface area (Å²) in [6, 6.07) is 3.34. The van der Waals surface area contributed by atoms with Crippen LogP contribution in [0.25, 0.3) is 0 Å². The van der Waals surface area contributed by atoms with E-state index in [-0.39, 0.29) is 27.8 Å². The molecule has 0 amide bonds. The molecule has 0 radical (unpaired) electrons. The molecule has 0 spiro atoms. The van der Waals surface area contributed by atoms with Gasteiger partial charge in [0.05, 0.1) is 0 Å². The molecular formula is C30H54F2. The zero-order valence-electron chi connectivity index (χ0n) is 20.4. The van der Waals surface area contributed by atoms with E-state index < -0.39 is 0 Å². The fourth-order valence-electron chi connectivity index (χ4n) is 6.61. The van der Waals surface area contributed by atoms with Gasteiger partial charge >= 0.3 is 0 Å². The Morgan fingerprint density at radius 1 is 0.812 bits per heavy atom. The first-order valence-electron chi connectivity index (χ1n) is 13.5. The number of halogens is 2. The average Bonchev–Trinajstić information content (AvgIpc) is 2.77. The van der Waals surface area contributed by atoms with Gasteiger partial charge in [-0.15, -0.1) is 0 Å². The van der Waals surface area contributed by atoms with Crippen molar-refractivity contribution >= 4 is 0 Å². The molecule has 1 atom stereocenters. The lowest BCUT2D eigenvalue weighted by Crippen LogP contribution is -2.25. The van der Waals surface area contributed by atoms with Crippen molar-refractivity contribution in [2.24, 2.45) is 17.8 Å². The molecule has 1 aromatic rings. The second kappa shape index (κ2) is 13.7. The van der Waals surface area contributed by atoms with Crippen molar-refractivity contribution in [3.63, 3.8) is 0 Å². The second-order valence-corrected chi connectivity index (χ2v) is 10.8. The maximum Gasteiger partial charge on any atom is 0.129 e. The van der Waals surface area contributed by atoms with E-state index in [9.17, 15) is 8.78 Å². The number of rotatable bonds is 10. The van der Waals surface area contributed by atoms with Crippen molar-refractivity contribution in [1.82, 2.24) is 0 Å². The van der Waals surface area contributed by atoms with Crippen LogP contribution < -0.4 is 0 Å². The molecule has 1 unspecified atom stereocenters. The maximum absolute atomic E-state index is 14.9. The normalized spacial score (nSPS) is 27.0. The van der Waals surface area contributed by atoms with Gasteiger partial charge in [0.15, 0.2) is 0 Å². The monoisotopic (exact) mass is 452 g/mol. The summed E-state index contributed by atoms with van der Waals surface area (Å²) in [5, 5.41) is 0. The highest BCUT2D eigenvalue weighted by Gasteiger charge is 2.31. The van der Waals surface area contributed by atoms with Crippen LogP contribution in [0, 0.1) is 29.4 Å². The summed E-state index contributed by atoms with van der Waals surface area (Å²) in [4.78, 5) is 0. The molecule has 2 fully saturated rings. The minimum absolute atomic E-state index is 0. The first-order chi connectivity index (χ1) is 15.0. The molecule has 0 nitrogen and oxygen atoms in total. The number of hydrogen-bond acceptors (Lipinski definition) is 0. The molecule has 188 valence electrons. The zero-order valence-corrected chi connectivity index (χ0v) is 20.4. The summed E-state index contributed by atoms with van der Waals surface area (Å²) >= 11 is 0. The Bertz CT molecular complexity index is 639. The van der Waals surface area contributed by atoms with Gasteiger partial charge < -0.3 is 0 Å². The molecule has 0 N–H and O–H groups in total. The van der Waals surface area contributed by atoms with Crippen LogP contribution in [-0.4, -0.2) is 0 Å². The molecule has 0 saturated heterocycles. The Hall–Kier alpha value is -0.920. The summed E-state index contributed by atoms with van der Waals surface area (Å²) in [7, 11) is 0. The van der Waals surface area contributed by atoms with E-state index in [1.807, 2.05) is 6.92 Å². The van der Waals surface area contributed by atoms with Crippen molar-refractivity contribution in [3.8, 4) is 0 Å². The van der Waals surface area contributed by atoms with Gasteiger partial charge in [0.2, 0.25) is 0 Å². The predicted octanol–water partition coefficient (Wildman–Crippen LogP) is 11.0. The summed E-state index contributed by atoms with van der Waals surface area (Å²) in [6.07, 6.45) is 18.6. The minimum Gasteiger partial charge on any atom is -0.207 e. The van der Waals surface area contributed by atoms with E-state index in [4.69, 9.17) is 0 Å². The molecule has 2 aliphatic rings. The molecule has 0 aliphatic heterocycles. The van der Waals surface area contributed by atoms with Crippen LogP contribution in [0.5, 0.6) is 0 Å². The molecule has 0 aromatic heterocycles. The minimum atomic E-state index is -0.311. The highest BCUT2D eigenvalue weighted by molar-refractivity contribution is 5.31. The van der Waals surface area contributed by atoms with Crippen LogP contribution in [0.15, 0.2) is 12.1 Å². The van der Waals surface area contributed by atoms with Crippen LogP contribution >= 0.6 is 0 Å². The molecule has 2 aliphatic carbocycles. The number of benzene rings is 1. The lowest BCUT2D eigenvalue weighted by atomic mass is 9.68. The molecule has 2 heteroatoms. The summed E-state index contributed by atoms with van der Waals surface area (Å²) in [5.41, 5.74) is 1.22. The van der Waals surface area contributed by atoms with E-state index in [1.165, 1.54) is 64.2 Å². The Balaban J connectivity index is 0.00000363. The van der Waals surface area contributed by atoms with Gasteiger partial charge in [-0.25, -0.2) is 8.78 Å². The van der Waals surface area contributed by atoms with Crippen LogP contribution in [0.1, 0.15) is 150 Å². The quantitative estimate of drug-likeness (QED) is 0.310. The van der Waals surface area contributed by atoms with E-state index in [0.29, 0.717) is 11.5 Å². The lowest BCUT2D eigenvalue weighted by Gasteiger charge is -2.38. The third-order valence-electron chi connectivity index (χ3n) is 8.58. The average molecular weight is 453 g/mol. The molecule has 1 aromatic carbocycles. The molecule has 0 heterocycles. The first-order valence-corrected chi connectivity index (χ1v) is 13.5. The Morgan fingerprint density at radius 3 is 1.91 bits per heavy atom. The summed E-state index contributed by atoms with van der Waals surface area (Å²) in [5.74, 6) is 2.39. The Labute approximate surface area is 200 Å². The maximum atomic E-state index is 14.9. The van der Waals surface area contributed by atoms with Crippen molar-refractivity contribution in [1.29, 1.82) is 0 Å². The molecule has 3 rings (SSSR count). The third-order valence-corrected chi connectivity index (χ3v) is 8.58. The topological polar surface area (TPSA) is 0 Å². The number of hydrogen-bond donors (Lipinski definition) is 0.